The monoisotopic (exact) mass is 289 g/mol. The first-order valence-corrected chi connectivity index (χ1v) is 7.37. The van der Waals surface area contributed by atoms with Gasteiger partial charge in [-0.3, -0.25) is 4.98 Å². The first-order valence-electron chi connectivity index (χ1n) is 5.88. The minimum absolute atomic E-state index is 0.0925. The van der Waals surface area contributed by atoms with E-state index in [1.165, 1.54) is 0 Å². The quantitative estimate of drug-likeness (QED) is 0.814. The first-order chi connectivity index (χ1) is 8.91. The minimum atomic E-state index is -3.79. The Labute approximate surface area is 111 Å². The SMILES string of the molecule is NC1(CNS(=O)(=O)c2cncc(F)c2)CCOCC1. The van der Waals surface area contributed by atoms with Crippen molar-refractivity contribution in [2.45, 2.75) is 23.3 Å². The summed E-state index contributed by atoms with van der Waals surface area (Å²) in [4.78, 5) is 3.31. The number of nitrogens with zero attached hydrogens (tertiary/aromatic N) is 1. The molecule has 0 atom stereocenters. The number of sulfonamides is 1. The van der Waals surface area contributed by atoms with Crippen LogP contribution in [0.15, 0.2) is 23.4 Å². The van der Waals surface area contributed by atoms with E-state index in [2.05, 4.69) is 9.71 Å². The van der Waals surface area contributed by atoms with Gasteiger partial charge in [0.25, 0.3) is 0 Å². The average molecular weight is 289 g/mol. The molecule has 6 nitrogen and oxygen atoms in total. The molecule has 1 fully saturated rings. The Morgan fingerprint density at radius 3 is 2.74 bits per heavy atom. The Kier molecular flexibility index (Phi) is 4.14. The fourth-order valence-corrected chi connectivity index (χ4v) is 2.93. The summed E-state index contributed by atoms with van der Waals surface area (Å²) in [6.07, 6.45) is 3.20. The molecular weight excluding hydrogens is 273 g/mol. The van der Waals surface area contributed by atoms with Crippen molar-refractivity contribution in [2.24, 2.45) is 5.73 Å². The number of rotatable bonds is 4. The molecule has 1 aromatic rings. The number of hydrogen-bond acceptors (Lipinski definition) is 5. The van der Waals surface area contributed by atoms with Crippen LogP contribution in [0.1, 0.15) is 12.8 Å². The van der Waals surface area contributed by atoms with Gasteiger partial charge in [0.05, 0.1) is 6.20 Å². The van der Waals surface area contributed by atoms with Gasteiger partial charge >= 0.3 is 0 Å². The van der Waals surface area contributed by atoms with E-state index >= 15 is 0 Å². The molecule has 2 heterocycles. The number of nitrogens with one attached hydrogen (secondary N) is 1. The van der Waals surface area contributed by atoms with Crippen molar-refractivity contribution in [1.29, 1.82) is 0 Å². The predicted octanol–water partition coefficient (Wildman–Crippen LogP) is 0.00690. The summed E-state index contributed by atoms with van der Waals surface area (Å²) in [5.41, 5.74) is 5.46. The van der Waals surface area contributed by atoms with Crippen LogP contribution in [0.3, 0.4) is 0 Å². The summed E-state index contributed by atoms with van der Waals surface area (Å²) in [5.74, 6) is -0.698. The van der Waals surface area contributed by atoms with Gasteiger partial charge in [0.2, 0.25) is 10.0 Å². The zero-order valence-corrected chi connectivity index (χ0v) is 11.1. The van der Waals surface area contributed by atoms with Crippen molar-refractivity contribution in [3.63, 3.8) is 0 Å². The molecule has 0 saturated carbocycles. The highest BCUT2D eigenvalue weighted by atomic mass is 32.2. The van der Waals surface area contributed by atoms with Gasteiger partial charge in [-0.1, -0.05) is 0 Å². The Bertz CT molecular complexity index is 544. The second-order valence-electron chi connectivity index (χ2n) is 4.64. The Balaban J connectivity index is 2.05. The highest BCUT2D eigenvalue weighted by Gasteiger charge is 2.30. The van der Waals surface area contributed by atoms with Crippen molar-refractivity contribution in [2.75, 3.05) is 19.8 Å². The molecule has 1 aliphatic heterocycles. The molecule has 1 saturated heterocycles. The molecule has 1 aromatic heterocycles. The molecule has 106 valence electrons. The zero-order valence-electron chi connectivity index (χ0n) is 10.3. The molecule has 0 amide bonds. The summed E-state index contributed by atoms with van der Waals surface area (Å²) in [7, 11) is -3.79. The number of aromatic nitrogens is 1. The molecule has 0 aromatic carbocycles. The summed E-state index contributed by atoms with van der Waals surface area (Å²) in [6, 6.07) is 0.919. The number of hydrogen-bond donors (Lipinski definition) is 2. The van der Waals surface area contributed by atoms with Crippen LogP contribution in [0, 0.1) is 5.82 Å². The van der Waals surface area contributed by atoms with E-state index in [1.54, 1.807) is 0 Å². The number of ether oxygens (including phenoxy) is 1. The van der Waals surface area contributed by atoms with Crippen molar-refractivity contribution in [3.05, 3.63) is 24.3 Å². The van der Waals surface area contributed by atoms with Crippen LogP contribution in [0.25, 0.3) is 0 Å². The molecule has 1 aliphatic rings. The van der Waals surface area contributed by atoms with E-state index < -0.39 is 21.4 Å². The van der Waals surface area contributed by atoms with E-state index in [1.807, 2.05) is 0 Å². The standard InChI is InChI=1S/C11H16FN3O3S/c12-9-5-10(7-14-6-9)19(16,17)15-8-11(13)1-3-18-4-2-11/h5-7,15H,1-4,8,13H2. The smallest absolute Gasteiger partial charge is 0.242 e. The van der Waals surface area contributed by atoms with Gasteiger partial charge in [-0.15, -0.1) is 0 Å². The van der Waals surface area contributed by atoms with Gasteiger partial charge in [-0.05, 0) is 18.9 Å². The van der Waals surface area contributed by atoms with Crippen molar-refractivity contribution >= 4 is 10.0 Å². The molecule has 8 heteroatoms. The third-order valence-electron chi connectivity index (χ3n) is 3.09. The predicted molar refractivity (Wildman–Crippen MR) is 66.4 cm³/mol. The molecule has 0 unspecified atom stereocenters. The molecule has 0 spiro atoms. The maximum Gasteiger partial charge on any atom is 0.242 e. The highest BCUT2D eigenvalue weighted by molar-refractivity contribution is 7.89. The second-order valence-corrected chi connectivity index (χ2v) is 6.41. The van der Waals surface area contributed by atoms with Crippen molar-refractivity contribution in [1.82, 2.24) is 9.71 Å². The largest absolute Gasteiger partial charge is 0.381 e. The lowest BCUT2D eigenvalue weighted by molar-refractivity contribution is 0.0549. The van der Waals surface area contributed by atoms with Crippen LogP contribution in [-0.2, 0) is 14.8 Å². The van der Waals surface area contributed by atoms with Crippen LogP contribution in [0.5, 0.6) is 0 Å². The Morgan fingerprint density at radius 2 is 2.11 bits per heavy atom. The fourth-order valence-electron chi connectivity index (χ4n) is 1.82. The molecule has 0 radical (unpaired) electrons. The lowest BCUT2D eigenvalue weighted by atomic mass is 9.92. The van der Waals surface area contributed by atoms with E-state index in [9.17, 15) is 12.8 Å². The van der Waals surface area contributed by atoms with Crippen LogP contribution < -0.4 is 10.5 Å². The van der Waals surface area contributed by atoms with E-state index in [0.29, 0.717) is 26.1 Å². The third-order valence-corrected chi connectivity index (χ3v) is 4.46. The van der Waals surface area contributed by atoms with Crippen molar-refractivity contribution in [3.8, 4) is 0 Å². The molecular formula is C11H16FN3O3S. The summed E-state index contributed by atoms with van der Waals surface area (Å²) < 4.78 is 44.5. The Morgan fingerprint density at radius 1 is 1.42 bits per heavy atom. The number of nitrogens with two attached hydrogens (primary N) is 1. The zero-order chi connectivity index (χ0) is 13.9. The first kappa shape index (κ1) is 14.3. The van der Waals surface area contributed by atoms with Crippen LogP contribution >= 0.6 is 0 Å². The van der Waals surface area contributed by atoms with Crippen LogP contribution in [-0.4, -0.2) is 38.7 Å². The van der Waals surface area contributed by atoms with Crippen molar-refractivity contribution < 1.29 is 17.5 Å². The minimum Gasteiger partial charge on any atom is -0.381 e. The van der Waals surface area contributed by atoms with Gasteiger partial charge in [-0.2, -0.15) is 0 Å². The van der Waals surface area contributed by atoms with E-state index in [4.69, 9.17) is 10.5 Å². The lowest BCUT2D eigenvalue weighted by Gasteiger charge is -2.33. The molecule has 0 aliphatic carbocycles. The number of halogens is 1. The Hall–Kier alpha value is -1.09. The third kappa shape index (κ3) is 3.69. The normalized spacial score (nSPS) is 19.3. The van der Waals surface area contributed by atoms with Gasteiger partial charge in [-0.25, -0.2) is 17.5 Å². The summed E-state index contributed by atoms with van der Waals surface area (Å²) in [6.45, 7) is 1.12. The van der Waals surface area contributed by atoms with E-state index in [-0.39, 0.29) is 11.4 Å². The van der Waals surface area contributed by atoms with Gasteiger partial charge in [0, 0.05) is 31.5 Å². The lowest BCUT2D eigenvalue weighted by Crippen LogP contribution is -2.53. The van der Waals surface area contributed by atoms with Gasteiger partial charge in [0.15, 0.2) is 0 Å². The summed E-state index contributed by atoms with van der Waals surface area (Å²) in [5, 5.41) is 0. The topological polar surface area (TPSA) is 94.3 Å². The fraction of sp³-hybridized carbons (Fsp3) is 0.545. The second kappa shape index (κ2) is 5.49. The van der Waals surface area contributed by atoms with Gasteiger partial charge in [0.1, 0.15) is 10.7 Å². The number of pyridine rings is 1. The highest BCUT2D eigenvalue weighted by Crippen LogP contribution is 2.17. The maximum atomic E-state index is 13.0. The van der Waals surface area contributed by atoms with E-state index in [0.717, 1.165) is 18.5 Å². The van der Waals surface area contributed by atoms with Crippen LogP contribution in [0.2, 0.25) is 0 Å². The summed E-state index contributed by atoms with van der Waals surface area (Å²) >= 11 is 0. The molecule has 2 rings (SSSR count). The van der Waals surface area contributed by atoms with Gasteiger partial charge < -0.3 is 10.5 Å². The maximum absolute atomic E-state index is 13.0. The van der Waals surface area contributed by atoms with Crippen LogP contribution in [0.4, 0.5) is 4.39 Å². The average Bonchev–Trinajstić information content (AvgIpc) is 2.38. The molecule has 3 N–H and O–H groups in total. The molecule has 19 heavy (non-hydrogen) atoms. The molecule has 0 bridgehead atoms.